The second kappa shape index (κ2) is 9.28. The molecule has 2 rings (SSSR count). The van der Waals surface area contributed by atoms with Gasteiger partial charge >= 0.3 is 0 Å². The summed E-state index contributed by atoms with van der Waals surface area (Å²) >= 11 is 0. The molecule has 1 aliphatic rings. The summed E-state index contributed by atoms with van der Waals surface area (Å²) in [6.07, 6.45) is 2.71. The fraction of sp³-hybridized carbons (Fsp3) is 0.632. The zero-order chi connectivity index (χ0) is 17.0. The minimum Gasteiger partial charge on any atom is -0.481 e. The van der Waals surface area contributed by atoms with Gasteiger partial charge in [-0.05, 0) is 56.2 Å². The number of likely N-dealkylation sites (tertiary alicyclic amines) is 1. The predicted octanol–water partition coefficient (Wildman–Crippen LogP) is 3.65. The molecule has 0 saturated carbocycles. The van der Waals surface area contributed by atoms with E-state index in [9.17, 15) is 4.79 Å². The van der Waals surface area contributed by atoms with Crippen LogP contribution in [0.25, 0.3) is 0 Å². The molecule has 0 bridgehead atoms. The molecule has 2 unspecified atom stereocenters. The van der Waals surface area contributed by atoms with Gasteiger partial charge in [-0.1, -0.05) is 26.0 Å². The summed E-state index contributed by atoms with van der Waals surface area (Å²) in [5.74, 6) is 1.23. The van der Waals surface area contributed by atoms with E-state index in [1.54, 1.807) is 0 Å². The van der Waals surface area contributed by atoms with Crippen LogP contribution in [-0.4, -0.2) is 36.0 Å². The normalized spacial score (nSPS) is 18.9. The summed E-state index contributed by atoms with van der Waals surface area (Å²) in [7, 11) is 0. The van der Waals surface area contributed by atoms with Crippen LogP contribution in [0.5, 0.6) is 5.75 Å². The molecule has 1 fully saturated rings. The number of hydrogen-bond donors (Lipinski definition) is 1. The van der Waals surface area contributed by atoms with Crippen LogP contribution in [0.15, 0.2) is 18.2 Å². The van der Waals surface area contributed by atoms with Crippen molar-refractivity contribution in [3.8, 4) is 5.75 Å². The number of piperidine rings is 1. The van der Waals surface area contributed by atoms with Crippen LogP contribution >= 0.6 is 12.4 Å². The van der Waals surface area contributed by atoms with E-state index in [0.29, 0.717) is 12.5 Å². The molecule has 1 saturated heterocycles. The van der Waals surface area contributed by atoms with Crippen molar-refractivity contribution in [2.75, 3.05) is 13.1 Å². The van der Waals surface area contributed by atoms with E-state index >= 15 is 0 Å². The van der Waals surface area contributed by atoms with Crippen molar-refractivity contribution in [2.24, 2.45) is 5.73 Å². The number of hydrogen-bond acceptors (Lipinski definition) is 3. The van der Waals surface area contributed by atoms with E-state index in [2.05, 4.69) is 26.0 Å². The molecule has 24 heavy (non-hydrogen) atoms. The third-order valence-electron chi connectivity index (χ3n) is 4.62. The molecular formula is C19H31ClN2O2. The largest absolute Gasteiger partial charge is 0.481 e. The SMILES string of the molecule is Cc1ccc(C(C)C)c(OC(C)C(=O)N2CCCCC2CN)c1.Cl. The lowest BCUT2D eigenvalue weighted by atomic mass is 10.00. The first-order valence-corrected chi connectivity index (χ1v) is 8.71. The Balaban J connectivity index is 0.00000288. The molecule has 136 valence electrons. The van der Waals surface area contributed by atoms with E-state index in [0.717, 1.165) is 42.7 Å². The molecule has 4 nitrogen and oxygen atoms in total. The highest BCUT2D eigenvalue weighted by Gasteiger charge is 2.30. The third-order valence-corrected chi connectivity index (χ3v) is 4.62. The van der Waals surface area contributed by atoms with Crippen LogP contribution < -0.4 is 10.5 Å². The Labute approximate surface area is 152 Å². The number of nitrogens with two attached hydrogens (primary N) is 1. The van der Waals surface area contributed by atoms with Gasteiger partial charge in [-0.15, -0.1) is 12.4 Å². The Kier molecular flexibility index (Phi) is 8.04. The van der Waals surface area contributed by atoms with Gasteiger partial charge < -0.3 is 15.4 Å². The van der Waals surface area contributed by atoms with Crippen molar-refractivity contribution < 1.29 is 9.53 Å². The van der Waals surface area contributed by atoms with Crippen molar-refractivity contribution in [1.82, 2.24) is 4.90 Å². The highest BCUT2D eigenvalue weighted by molar-refractivity contribution is 5.85. The maximum atomic E-state index is 12.8. The fourth-order valence-electron chi connectivity index (χ4n) is 3.23. The second-order valence-electron chi connectivity index (χ2n) is 6.87. The Morgan fingerprint density at radius 1 is 1.33 bits per heavy atom. The maximum Gasteiger partial charge on any atom is 0.263 e. The van der Waals surface area contributed by atoms with Crippen LogP contribution in [0, 0.1) is 6.92 Å². The third kappa shape index (κ3) is 4.87. The number of rotatable bonds is 5. The Morgan fingerprint density at radius 3 is 2.67 bits per heavy atom. The zero-order valence-electron chi connectivity index (χ0n) is 15.2. The number of nitrogens with zero attached hydrogens (tertiary/aromatic N) is 1. The first kappa shape index (κ1) is 20.8. The highest BCUT2D eigenvalue weighted by Crippen LogP contribution is 2.29. The van der Waals surface area contributed by atoms with E-state index in [4.69, 9.17) is 10.5 Å². The molecule has 1 amide bonds. The standard InChI is InChI=1S/C19H30N2O2.ClH/c1-13(2)17-9-8-14(3)11-18(17)23-15(4)19(22)21-10-6-5-7-16(21)12-20;/h8-9,11,13,15-16H,5-7,10,12,20H2,1-4H3;1H. The van der Waals surface area contributed by atoms with Crippen LogP contribution in [0.4, 0.5) is 0 Å². The lowest BCUT2D eigenvalue weighted by Gasteiger charge is -2.36. The topological polar surface area (TPSA) is 55.6 Å². The average molecular weight is 355 g/mol. The molecule has 1 aromatic rings. The summed E-state index contributed by atoms with van der Waals surface area (Å²) in [4.78, 5) is 14.7. The second-order valence-corrected chi connectivity index (χ2v) is 6.87. The van der Waals surface area contributed by atoms with Gasteiger partial charge in [0.15, 0.2) is 6.10 Å². The van der Waals surface area contributed by atoms with Gasteiger partial charge in [0.1, 0.15) is 5.75 Å². The Hall–Kier alpha value is -1.26. The van der Waals surface area contributed by atoms with Gasteiger partial charge in [-0.25, -0.2) is 0 Å². The molecule has 2 N–H and O–H groups in total. The lowest BCUT2D eigenvalue weighted by Crippen LogP contribution is -2.51. The molecule has 0 radical (unpaired) electrons. The number of ether oxygens (including phenoxy) is 1. The van der Waals surface area contributed by atoms with Crippen LogP contribution in [0.1, 0.15) is 57.1 Å². The number of carbonyl (C=O) groups excluding carboxylic acids is 1. The number of carbonyl (C=O) groups is 1. The molecule has 5 heteroatoms. The number of amides is 1. The predicted molar refractivity (Wildman–Crippen MR) is 101 cm³/mol. The van der Waals surface area contributed by atoms with E-state index in [1.807, 2.05) is 24.8 Å². The smallest absolute Gasteiger partial charge is 0.263 e. The first-order chi connectivity index (χ1) is 10.9. The van der Waals surface area contributed by atoms with Gasteiger partial charge in [0.05, 0.1) is 0 Å². The molecule has 1 heterocycles. The summed E-state index contributed by atoms with van der Waals surface area (Å²) in [6, 6.07) is 6.36. The Morgan fingerprint density at radius 2 is 2.04 bits per heavy atom. The van der Waals surface area contributed by atoms with Crippen LogP contribution in [0.2, 0.25) is 0 Å². The minimum atomic E-state index is -0.485. The van der Waals surface area contributed by atoms with E-state index in [1.165, 1.54) is 0 Å². The fourth-order valence-corrected chi connectivity index (χ4v) is 3.23. The molecule has 0 spiro atoms. The first-order valence-electron chi connectivity index (χ1n) is 8.71. The summed E-state index contributed by atoms with van der Waals surface area (Å²) in [6.45, 7) is 9.48. The molecule has 2 atom stereocenters. The quantitative estimate of drug-likeness (QED) is 0.878. The van der Waals surface area contributed by atoms with E-state index < -0.39 is 6.10 Å². The summed E-state index contributed by atoms with van der Waals surface area (Å²) in [5.41, 5.74) is 8.12. The van der Waals surface area contributed by atoms with Crippen molar-refractivity contribution in [3.63, 3.8) is 0 Å². The average Bonchev–Trinajstić information content (AvgIpc) is 2.53. The highest BCUT2D eigenvalue weighted by atomic mass is 35.5. The van der Waals surface area contributed by atoms with Crippen molar-refractivity contribution in [2.45, 2.75) is 65.0 Å². The number of halogens is 1. The lowest BCUT2D eigenvalue weighted by molar-refractivity contribution is -0.141. The van der Waals surface area contributed by atoms with Crippen LogP contribution in [0.3, 0.4) is 0 Å². The number of aryl methyl sites for hydroxylation is 1. The zero-order valence-corrected chi connectivity index (χ0v) is 16.1. The number of benzene rings is 1. The monoisotopic (exact) mass is 354 g/mol. The van der Waals surface area contributed by atoms with Crippen molar-refractivity contribution >= 4 is 18.3 Å². The molecule has 0 aliphatic carbocycles. The molecule has 0 aromatic heterocycles. The van der Waals surface area contributed by atoms with Crippen molar-refractivity contribution in [3.05, 3.63) is 29.3 Å². The maximum absolute atomic E-state index is 12.8. The summed E-state index contributed by atoms with van der Waals surface area (Å²) < 4.78 is 6.06. The van der Waals surface area contributed by atoms with Gasteiger partial charge in [0.2, 0.25) is 0 Å². The molecular weight excluding hydrogens is 324 g/mol. The van der Waals surface area contributed by atoms with Crippen molar-refractivity contribution in [1.29, 1.82) is 0 Å². The minimum absolute atomic E-state index is 0. The Bertz CT molecular complexity index is 548. The van der Waals surface area contributed by atoms with Gasteiger partial charge in [0, 0.05) is 19.1 Å². The van der Waals surface area contributed by atoms with Gasteiger partial charge in [0.25, 0.3) is 5.91 Å². The molecule has 1 aromatic carbocycles. The van der Waals surface area contributed by atoms with E-state index in [-0.39, 0.29) is 24.4 Å². The van der Waals surface area contributed by atoms with Gasteiger partial charge in [-0.2, -0.15) is 0 Å². The van der Waals surface area contributed by atoms with Gasteiger partial charge in [-0.3, -0.25) is 4.79 Å². The summed E-state index contributed by atoms with van der Waals surface area (Å²) in [5, 5.41) is 0. The van der Waals surface area contributed by atoms with Crippen LogP contribution in [-0.2, 0) is 4.79 Å². The molecule has 1 aliphatic heterocycles.